The smallest absolute Gasteiger partial charge is 0.277 e. The van der Waals surface area contributed by atoms with E-state index >= 15 is 0 Å². The number of carbonyl (C=O) groups is 1. The minimum Gasteiger partial charge on any atom is -0.497 e. The highest BCUT2D eigenvalue weighted by molar-refractivity contribution is 7.16. The lowest BCUT2D eigenvalue weighted by Gasteiger charge is -2.09. The molecule has 0 saturated heterocycles. The van der Waals surface area contributed by atoms with E-state index in [9.17, 15) is 4.79 Å². The number of amides is 1. The standard InChI is InChI=1S/C21H16N6O3S/c1-29-13-3-4-14-15(8-13)23-7-6-16(14)30-11-19-26-25-18-5-2-12(10-27(18)19)17-9-24-21(31-17)20(22)28/h2-10H,11H2,1H3,(H2,22,28). The van der Waals surface area contributed by atoms with Crippen molar-refractivity contribution in [1.29, 1.82) is 0 Å². The number of hydrogen-bond acceptors (Lipinski definition) is 8. The molecule has 0 bridgehead atoms. The van der Waals surface area contributed by atoms with Crippen LogP contribution in [-0.4, -0.2) is 37.6 Å². The number of benzene rings is 1. The minimum absolute atomic E-state index is 0.213. The molecule has 0 aliphatic heterocycles. The van der Waals surface area contributed by atoms with Crippen molar-refractivity contribution in [3.63, 3.8) is 0 Å². The van der Waals surface area contributed by atoms with Crippen molar-refractivity contribution in [2.24, 2.45) is 5.73 Å². The Morgan fingerprint density at radius 2 is 2.06 bits per heavy atom. The summed E-state index contributed by atoms with van der Waals surface area (Å²) in [5.41, 5.74) is 7.65. The Kier molecular flexibility index (Phi) is 4.68. The molecule has 4 heterocycles. The molecule has 0 radical (unpaired) electrons. The van der Waals surface area contributed by atoms with Gasteiger partial charge in [0.25, 0.3) is 5.91 Å². The first-order valence-corrected chi connectivity index (χ1v) is 10.1. The van der Waals surface area contributed by atoms with E-state index in [2.05, 4.69) is 20.2 Å². The van der Waals surface area contributed by atoms with E-state index in [0.29, 0.717) is 17.2 Å². The highest BCUT2D eigenvalue weighted by Gasteiger charge is 2.13. The van der Waals surface area contributed by atoms with Gasteiger partial charge in [-0.1, -0.05) is 0 Å². The number of nitrogens with zero attached hydrogens (tertiary/aromatic N) is 5. The number of nitrogens with two attached hydrogens (primary N) is 1. The van der Waals surface area contributed by atoms with Crippen LogP contribution in [0.4, 0.5) is 0 Å². The molecule has 0 atom stereocenters. The summed E-state index contributed by atoms with van der Waals surface area (Å²) in [4.78, 5) is 20.6. The number of pyridine rings is 2. The maximum absolute atomic E-state index is 11.3. The maximum Gasteiger partial charge on any atom is 0.277 e. The Balaban J connectivity index is 1.44. The third kappa shape index (κ3) is 3.53. The molecule has 4 aromatic heterocycles. The number of thiazole rings is 1. The second-order valence-electron chi connectivity index (χ2n) is 6.64. The van der Waals surface area contributed by atoms with Crippen molar-refractivity contribution in [1.82, 2.24) is 24.6 Å². The number of ether oxygens (including phenoxy) is 2. The van der Waals surface area contributed by atoms with E-state index in [1.165, 1.54) is 11.3 Å². The minimum atomic E-state index is -0.544. The molecule has 0 unspecified atom stereocenters. The first-order valence-electron chi connectivity index (χ1n) is 9.27. The predicted octanol–water partition coefficient (Wildman–Crippen LogP) is 3.09. The molecule has 0 saturated carbocycles. The number of fused-ring (bicyclic) bond motifs is 2. The quantitative estimate of drug-likeness (QED) is 0.438. The molecule has 0 aliphatic rings. The molecular weight excluding hydrogens is 416 g/mol. The van der Waals surface area contributed by atoms with Crippen molar-refractivity contribution in [2.45, 2.75) is 6.61 Å². The van der Waals surface area contributed by atoms with Crippen LogP contribution in [0.2, 0.25) is 0 Å². The number of aromatic nitrogens is 5. The average Bonchev–Trinajstić information content (AvgIpc) is 3.44. The second kappa shape index (κ2) is 7.65. The van der Waals surface area contributed by atoms with Crippen LogP contribution in [0.25, 0.3) is 27.0 Å². The second-order valence-corrected chi connectivity index (χ2v) is 7.67. The molecule has 2 N–H and O–H groups in total. The fraction of sp³-hybridized carbons (Fsp3) is 0.0952. The van der Waals surface area contributed by atoms with Crippen molar-refractivity contribution in [3.05, 3.63) is 65.8 Å². The van der Waals surface area contributed by atoms with Crippen LogP contribution in [0.3, 0.4) is 0 Å². The molecule has 9 nitrogen and oxygen atoms in total. The van der Waals surface area contributed by atoms with Crippen molar-refractivity contribution in [3.8, 4) is 21.9 Å². The van der Waals surface area contributed by atoms with E-state index in [1.54, 1.807) is 19.5 Å². The summed E-state index contributed by atoms with van der Waals surface area (Å²) < 4.78 is 13.2. The lowest BCUT2D eigenvalue weighted by Crippen LogP contribution is -2.09. The highest BCUT2D eigenvalue weighted by Crippen LogP contribution is 2.29. The van der Waals surface area contributed by atoms with Gasteiger partial charge in [-0.05, 0) is 30.3 Å². The lowest BCUT2D eigenvalue weighted by atomic mass is 10.2. The molecule has 0 fully saturated rings. The molecule has 1 amide bonds. The first-order chi connectivity index (χ1) is 15.1. The Morgan fingerprint density at radius 1 is 1.16 bits per heavy atom. The van der Waals surface area contributed by atoms with Crippen LogP contribution in [0.5, 0.6) is 11.5 Å². The molecule has 0 aliphatic carbocycles. The largest absolute Gasteiger partial charge is 0.497 e. The molecule has 154 valence electrons. The van der Waals surface area contributed by atoms with Crippen LogP contribution in [0, 0.1) is 0 Å². The average molecular weight is 432 g/mol. The zero-order valence-electron chi connectivity index (χ0n) is 16.3. The number of rotatable bonds is 6. The van der Waals surface area contributed by atoms with Gasteiger partial charge in [-0.3, -0.25) is 14.2 Å². The number of methoxy groups -OCH3 is 1. The third-order valence-electron chi connectivity index (χ3n) is 4.74. The van der Waals surface area contributed by atoms with Gasteiger partial charge in [0.05, 0.1) is 17.5 Å². The monoisotopic (exact) mass is 432 g/mol. The first kappa shape index (κ1) is 18.9. The van der Waals surface area contributed by atoms with Gasteiger partial charge in [0, 0.05) is 35.6 Å². The molecule has 0 spiro atoms. The zero-order chi connectivity index (χ0) is 21.4. The number of carbonyl (C=O) groups excluding carboxylic acids is 1. The van der Waals surface area contributed by atoms with Gasteiger partial charge in [0.1, 0.15) is 18.1 Å². The number of hydrogen-bond donors (Lipinski definition) is 1. The summed E-state index contributed by atoms with van der Waals surface area (Å²) in [5, 5.41) is 9.60. The molecule has 5 aromatic rings. The lowest BCUT2D eigenvalue weighted by molar-refractivity contribution is 0.1000. The van der Waals surface area contributed by atoms with E-state index < -0.39 is 5.91 Å². The van der Waals surface area contributed by atoms with Crippen molar-refractivity contribution >= 4 is 33.8 Å². The number of primary amides is 1. The van der Waals surface area contributed by atoms with Gasteiger partial charge >= 0.3 is 0 Å². The summed E-state index contributed by atoms with van der Waals surface area (Å²) in [6, 6.07) is 11.2. The van der Waals surface area contributed by atoms with Crippen LogP contribution < -0.4 is 15.2 Å². The molecule has 31 heavy (non-hydrogen) atoms. The van der Waals surface area contributed by atoms with Crippen LogP contribution in [0.1, 0.15) is 15.6 Å². The molecular formula is C21H16N6O3S. The van der Waals surface area contributed by atoms with Gasteiger partial charge < -0.3 is 15.2 Å². The Labute approximate surface area is 180 Å². The van der Waals surface area contributed by atoms with E-state index in [4.69, 9.17) is 15.2 Å². The van der Waals surface area contributed by atoms with Gasteiger partial charge in [-0.15, -0.1) is 21.5 Å². The summed E-state index contributed by atoms with van der Waals surface area (Å²) in [5.74, 6) is 1.51. The van der Waals surface area contributed by atoms with Crippen molar-refractivity contribution < 1.29 is 14.3 Å². The van der Waals surface area contributed by atoms with Gasteiger partial charge in [-0.2, -0.15) is 0 Å². The molecule has 5 rings (SSSR count). The summed E-state index contributed by atoms with van der Waals surface area (Å²) in [7, 11) is 1.62. The van der Waals surface area contributed by atoms with Crippen LogP contribution in [-0.2, 0) is 6.61 Å². The third-order valence-corrected chi connectivity index (χ3v) is 5.80. The zero-order valence-corrected chi connectivity index (χ0v) is 17.2. The highest BCUT2D eigenvalue weighted by atomic mass is 32.1. The van der Waals surface area contributed by atoms with Crippen LogP contribution >= 0.6 is 11.3 Å². The van der Waals surface area contributed by atoms with E-state index in [0.717, 1.165) is 27.1 Å². The predicted molar refractivity (Wildman–Crippen MR) is 115 cm³/mol. The normalized spacial score (nSPS) is 11.1. The van der Waals surface area contributed by atoms with E-state index in [-0.39, 0.29) is 11.6 Å². The Morgan fingerprint density at radius 3 is 2.87 bits per heavy atom. The summed E-state index contributed by atoms with van der Waals surface area (Å²) >= 11 is 1.24. The summed E-state index contributed by atoms with van der Waals surface area (Å²) in [6.07, 6.45) is 5.21. The fourth-order valence-corrected chi connectivity index (χ4v) is 3.96. The summed E-state index contributed by atoms with van der Waals surface area (Å²) in [6.45, 7) is 0.213. The molecule has 10 heteroatoms. The maximum atomic E-state index is 11.3. The fourth-order valence-electron chi connectivity index (χ4n) is 3.20. The van der Waals surface area contributed by atoms with Crippen LogP contribution in [0.15, 0.2) is 55.0 Å². The van der Waals surface area contributed by atoms with Gasteiger partial charge in [-0.25, -0.2) is 4.98 Å². The SMILES string of the molecule is COc1ccc2c(OCc3nnc4ccc(-c5cnc(C(N)=O)s5)cn34)ccnc2c1. The van der Waals surface area contributed by atoms with E-state index in [1.807, 2.05) is 47.0 Å². The Bertz CT molecular complexity index is 1430. The molecule has 1 aromatic carbocycles. The topological polar surface area (TPSA) is 118 Å². The van der Waals surface area contributed by atoms with Crippen molar-refractivity contribution in [2.75, 3.05) is 7.11 Å². The Hall–Kier alpha value is -4.05. The van der Waals surface area contributed by atoms with Gasteiger partial charge in [0.2, 0.25) is 0 Å². The van der Waals surface area contributed by atoms with Gasteiger partial charge in [0.15, 0.2) is 16.5 Å².